The number of nitrogens with zero attached hydrogens (tertiary/aromatic N) is 1. The summed E-state index contributed by atoms with van der Waals surface area (Å²) in [7, 11) is 0. The zero-order valence-corrected chi connectivity index (χ0v) is 13.0. The molecule has 2 aliphatic rings. The van der Waals surface area contributed by atoms with Gasteiger partial charge in [-0.1, -0.05) is 6.92 Å². The molecule has 0 radical (unpaired) electrons. The predicted octanol–water partition coefficient (Wildman–Crippen LogP) is 4.19. The van der Waals surface area contributed by atoms with Crippen molar-refractivity contribution in [2.24, 2.45) is 5.92 Å². The Morgan fingerprint density at radius 1 is 1.29 bits per heavy atom. The Kier molecular flexibility index (Phi) is 4.03. The van der Waals surface area contributed by atoms with Crippen molar-refractivity contribution in [3.8, 4) is 0 Å². The lowest BCUT2D eigenvalue weighted by Crippen LogP contribution is -2.46. The number of fused-ring (bicyclic) bond motifs is 1. The van der Waals surface area contributed by atoms with Crippen LogP contribution in [0.25, 0.3) is 0 Å². The first-order chi connectivity index (χ1) is 9.94. The van der Waals surface area contributed by atoms with Crippen LogP contribution in [0.4, 0.5) is 13.2 Å². The van der Waals surface area contributed by atoms with Gasteiger partial charge in [0.1, 0.15) is 5.01 Å². The normalized spacial score (nSPS) is 29.6. The molecule has 2 aliphatic carbocycles. The molecule has 0 bridgehead atoms. The van der Waals surface area contributed by atoms with Crippen LogP contribution >= 0.6 is 11.3 Å². The number of nitrogens with one attached hydrogen (secondary N) is 1. The van der Waals surface area contributed by atoms with Gasteiger partial charge in [-0.3, -0.25) is 0 Å². The second-order valence-corrected chi connectivity index (χ2v) is 7.25. The topological polar surface area (TPSA) is 24.9 Å². The molecule has 1 aromatic heterocycles. The van der Waals surface area contributed by atoms with Crippen molar-refractivity contribution in [3.05, 3.63) is 15.6 Å². The van der Waals surface area contributed by atoms with Crippen LogP contribution in [0.1, 0.15) is 54.6 Å². The van der Waals surface area contributed by atoms with E-state index in [4.69, 9.17) is 4.98 Å². The number of thiazole rings is 1. The van der Waals surface area contributed by atoms with Crippen molar-refractivity contribution < 1.29 is 13.2 Å². The van der Waals surface area contributed by atoms with Crippen LogP contribution in [0, 0.1) is 5.92 Å². The number of hydrogen-bond acceptors (Lipinski definition) is 3. The fraction of sp³-hybridized carbons (Fsp3) is 0.800. The summed E-state index contributed by atoms with van der Waals surface area (Å²) in [5, 5.41) is 4.48. The van der Waals surface area contributed by atoms with Gasteiger partial charge in [-0.2, -0.15) is 13.2 Å². The first-order valence-corrected chi connectivity index (χ1v) is 8.57. The van der Waals surface area contributed by atoms with Crippen LogP contribution in [-0.4, -0.2) is 17.7 Å². The highest BCUT2D eigenvalue weighted by molar-refractivity contribution is 7.12. The summed E-state index contributed by atoms with van der Waals surface area (Å²) in [5.74, 6) is -1.14. The molecule has 3 rings (SSSR count). The molecule has 1 heterocycles. The van der Waals surface area contributed by atoms with Crippen LogP contribution in [0.2, 0.25) is 0 Å². The third kappa shape index (κ3) is 2.84. The van der Waals surface area contributed by atoms with Gasteiger partial charge in [0.05, 0.1) is 17.2 Å². The molecular formula is C15H21F3N2S. The van der Waals surface area contributed by atoms with Crippen molar-refractivity contribution in [2.75, 3.05) is 6.54 Å². The lowest BCUT2D eigenvalue weighted by Gasteiger charge is -2.40. The van der Waals surface area contributed by atoms with Crippen molar-refractivity contribution >= 4 is 11.3 Å². The standard InChI is InChI=1S/C15H21F3N2S/c1-2-19-14(8-6-10(7-9-14)15(16,17)18)13-20-11-4-3-5-12(11)21-13/h10,19H,2-9H2,1H3. The van der Waals surface area contributed by atoms with Crippen LogP contribution in [0.5, 0.6) is 0 Å². The molecule has 1 saturated carbocycles. The van der Waals surface area contributed by atoms with E-state index in [9.17, 15) is 13.2 Å². The summed E-state index contributed by atoms with van der Waals surface area (Å²) in [6, 6.07) is 0. The first-order valence-electron chi connectivity index (χ1n) is 7.75. The van der Waals surface area contributed by atoms with E-state index >= 15 is 0 Å². The molecule has 0 amide bonds. The van der Waals surface area contributed by atoms with E-state index in [1.165, 1.54) is 17.0 Å². The highest BCUT2D eigenvalue weighted by atomic mass is 32.1. The van der Waals surface area contributed by atoms with E-state index in [0.29, 0.717) is 12.8 Å². The summed E-state index contributed by atoms with van der Waals surface area (Å²) < 4.78 is 38.6. The van der Waals surface area contributed by atoms with E-state index in [1.807, 2.05) is 6.92 Å². The highest BCUT2D eigenvalue weighted by Gasteiger charge is 2.47. The van der Waals surface area contributed by atoms with E-state index in [2.05, 4.69) is 5.32 Å². The SMILES string of the molecule is CCNC1(c2nc3c(s2)CCC3)CCC(C(F)(F)F)CC1. The summed E-state index contributed by atoms with van der Waals surface area (Å²) in [6.45, 7) is 2.78. The van der Waals surface area contributed by atoms with Crippen LogP contribution in [0.3, 0.4) is 0 Å². The van der Waals surface area contributed by atoms with Gasteiger partial charge in [0.15, 0.2) is 0 Å². The quantitative estimate of drug-likeness (QED) is 0.904. The van der Waals surface area contributed by atoms with Gasteiger partial charge < -0.3 is 5.32 Å². The number of alkyl halides is 3. The van der Waals surface area contributed by atoms with E-state index in [0.717, 1.165) is 24.4 Å². The maximum absolute atomic E-state index is 12.9. The summed E-state index contributed by atoms with van der Waals surface area (Å²) in [5.41, 5.74) is 0.858. The molecule has 118 valence electrons. The molecule has 0 unspecified atom stereocenters. The molecule has 21 heavy (non-hydrogen) atoms. The summed E-state index contributed by atoms with van der Waals surface area (Å²) in [6.07, 6.45) is 0.720. The molecule has 6 heteroatoms. The average molecular weight is 318 g/mol. The molecule has 1 N–H and O–H groups in total. The van der Waals surface area contributed by atoms with Crippen molar-refractivity contribution in [2.45, 2.75) is 63.6 Å². The zero-order chi connectivity index (χ0) is 15.1. The third-order valence-electron chi connectivity index (χ3n) is 4.82. The molecule has 0 aromatic carbocycles. The van der Waals surface area contributed by atoms with Crippen molar-refractivity contribution in [3.63, 3.8) is 0 Å². The molecule has 0 atom stereocenters. The van der Waals surface area contributed by atoms with Gasteiger partial charge in [-0.15, -0.1) is 11.3 Å². The molecule has 0 spiro atoms. The van der Waals surface area contributed by atoms with E-state index < -0.39 is 12.1 Å². The van der Waals surface area contributed by atoms with Crippen molar-refractivity contribution in [1.29, 1.82) is 0 Å². The minimum absolute atomic E-state index is 0.209. The van der Waals surface area contributed by atoms with Crippen LogP contribution in [-0.2, 0) is 18.4 Å². The van der Waals surface area contributed by atoms with Gasteiger partial charge in [0.25, 0.3) is 0 Å². The van der Waals surface area contributed by atoms with E-state index in [-0.39, 0.29) is 18.4 Å². The fourth-order valence-electron chi connectivity index (χ4n) is 3.64. The second-order valence-electron chi connectivity index (χ2n) is 6.17. The van der Waals surface area contributed by atoms with Gasteiger partial charge in [0.2, 0.25) is 0 Å². The van der Waals surface area contributed by atoms with E-state index in [1.54, 1.807) is 11.3 Å². The monoisotopic (exact) mass is 318 g/mol. The molecule has 0 aliphatic heterocycles. The minimum Gasteiger partial charge on any atom is -0.306 e. The Balaban J connectivity index is 1.81. The number of aryl methyl sites for hydroxylation is 2. The number of halogens is 3. The third-order valence-corrected chi connectivity index (χ3v) is 6.18. The lowest BCUT2D eigenvalue weighted by molar-refractivity contribution is -0.185. The second kappa shape index (κ2) is 5.54. The smallest absolute Gasteiger partial charge is 0.306 e. The molecule has 2 nitrogen and oxygen atoms in total. The first kappa shape index (κ1) is 15.3. The van der Waals surface area contributed by atoms with Gasteiger partial charge in [-0.05, 0) is 51.5 Å². The van der Waals surface area contributed by atoms with Gasteiger partial charge >= 0.3 is 6.18 Å². The lowest BCUT2D eigenvalue weighted by atomic mass is 9.76. The Morgan fingerprint density at radius 2 is 2.00 bits per heavy atom. The molecular weight excluding hydrogens is 297 g/mol. The number of rotatable bonds is 3. The largest absolute Gasteiger partial charge is 0.391 e. The maximum atomic E-state index is 12.9. The van der Waals surface area contributed by atoms with Crippen LogP contribution in [0.15, 0.2) is 0 Å². The fourth-order valence-corrected chi connectivity index (χ4v) is 5.01. The summed E-state index contributed by atoms with van der Waals surface area (Å²) in [4.78, 5) is 6.11. The number of hydrogen-bond donors (Lipinski definition) is 1. The molecule has 1 aromatic rings. The Labute approximate surface area is 127 Å². The van der Waals surface area contributed by atoms with Crippen molar-refractivity contribution in [1.82, 2.24) is 10.3 Å². The Hall–Kier alpha value is -0.620. The molecule has 0 saturated heterocycles. The molecule has 1 fully saturated rings. The minimum atomic E-state index is -4.05. The summed E-state index contributed by atoms with van der Waals surface area (Å²) >= 11 is 1.72. The Bertz CT molecular complexity index is 480. The van der Waals surface area contributed by atoms with Gasteiger partial charge in [-0.25, -0.2) is 4.98 Å². The highest BCUT2D eigenvalue weighted by Crippen LogP contribution is 2.47. The van der Waals surface area contributed by atoms with Gasteiger partial charge in [0, 0.05) is 4.88 Å². The zero-order valence-electron chi connectivity index (χ0n) is 12.2. The predicted molar refractivity (Wildman–Crippen MR) is 77.5 cm³/mol. The maximum Gasteiger partial charge on any atom is 0.391 e. The number of aromatic nitrogens is 1. The Morgan fingerprint density at radius 3 is 2.57 bits per heavy atom. The average Bonchev–Trinajstić information content (AvgIpc) is 2.99. The van der Waals surface area contributed by atoms with Crippen LogP contribution < -0.4 is 5.32 Å².